The molecule has 3 amide bonds. The standard InChI is InChI=1S/C22H28N6O2/c1-14(2)27-18-19(23-21(27)28-16(4)13-15(3)24-28)25(5)22(30)26(20(18)29)12-11-17-9-7-6-8-10-17/h6-10,13-14,18-19H,11-12H2,1-5H3. The molecule has 2 aromatic rings. The van der Waals surface area contributed by atoms with E-state index in [1.807, 2.05) is 69.0 Å². The lowest BCUT2D eigenvalue weighted by atomic mass is 10.1. The van der Waals surface area contributed by atoms with Gasteiger partial charge in [-0.05, 0) is 45.7 Å². The van der Waals surface area contributed by atoms with Crippen molar-refractivity contribution in [1.29, 1.82) is 0 Å². The number of carbonyl (C=O) groups is 2. The maximum atomic E-state index is 13.5. The summed E-state index contributed by atoms with van der Waals surface area (Å²) in [5, 5.41) is 4.56. The maximum absolute atomic E-state index is 13.5. The molecule has 2 aliphatic heterocycles. The molecule has 0 aliphatic carbocycles. The molecule has 2 unspecified atom stereocenters. The summed E-state index contributed by atoms with van der Waals surface area (Å²) in [4.78, 5) is 36.2. The second kappa shape index (κ2) is 7.59. The van der Waals surface area contributed by atoms with Crippen LogP contribution in [0.15, 0.2) is 41.4 Å². The summed E-state index contributed by atoms with van der Waals surface area (Å²) in [7, 11) is 1.72. The number of aromatic nitrogens is 2. The number of hydrogen-bond donors (Lipinski definition) is 0. The van der Waals surface area contributed by atoms with Crippen molar-refractivity contribution in [2.45, 2.75) is 52.4 Å². The number of aliphatic imine (C=N–C) groups is 1. The minimum absolute atomic E-state index is 0.0178. The third-order valence-electron chi connectivity index (χ3n) is 5.73. The maximum Gasteiger partial charge on any atom is 0.328 e. The van der Waals surface area contributed by atoms with E-state index in [-0.39, 0.29) is 18.0 Å². The molecule has 1 saturated heterocycles. The van der Waals surface area contributed by atoms with Gasteiger partial charge in [0.1, 0.15) is 0 Å². The first-order valence-corrected chi connectivity index (χ1v) is 10.3. The van der Waals surface area contributed by atoms with Gasteiger partial charge in [-0.1, -0.05) is 30.3 Å². The van der Waals surface area contributed by atoms with Crippen molar-refractivity contribution in [2.75, 3.05) is 13.6 Å². The van der Waals surface area contributed by atoms with Crippen LogP contribution in [0.3, 0.4) is 0 Å². The number of benzene rings is 1. The Balaban J connectivity index is 1.65. The van der Waals surface area contributed by atoms with Gasteiger partial charge < -0.3 is 9.80 Å². The molecular weight excluding hydrogens is 380 g/mol. The second-order valence-corrected chi connectivity index (χ2v) is 8.25. The van der Waals surface area contributed by atoms with Gasteiger partial charge in [0.25, 0.3) is 5.91 Å². The van der Waals surface area contributed by atoms with Crippen LogP contribution in [0.4, 0.5) is 4.79 Å². The van der Waals surface area contributed by atoms with Crippen LogP contribution in [-0.2, 0) is 11.2 Å². The highest BCUT2D eigenvalue weighted by molar-refractivity contribution is 6.04. The number of likely N-dealkylation sites (N-methyl/N-ethyl adjacent to an activating group) is 1. The monoisotopic (exact) mass is 408 g/mol. The number of aryl methyl sites for hydroxylation is 2. The van der Waals surface area contributed by atoms with Crippen molar-refractivity contribution in [3.63, 3.8) is 0 Å². The van der Waals surface area contributed by atoms with Gasteiger partial charge in [-0.3, -0.25) is 9.69 Å². The topological polar surface area (TPSA) is 74.0 Å². The zero-order valence-electron chi connectivity index (χ0n) is 18.1. The van der Waals surface area contributed by atoms with Crippen LogP contribution in [0, 0.1) is 13.8 Å². The highest BCUT2D eigenvalue weighted by Gasteiger charge is 2.53. The van der Waals surface area contributed by atoms with E-state index in [0.717, 1.165) is 17.0 Å². The molecule has 4 rings (SSSR count). The van der Waals surface area contributed by atoms with E-state index in [0.29, 0.717) is 18.9 Å². The first-order valence-electron chi connectivity index (χ1n) is 10.3. The van der Waals surface area contributed by atoms with Crippen molar-refractivity contribution in [3.8, 4) is 0 Å². The zero-order chi connectivity index (χ0) is 21.6. The van der Waals surface area contributed by atoms with Crippen molar-refractivity contribution in [3.05, 3.63) is 53.3 Å². The summed E-state index contributed by atoms with van der Waals surface area (Å²) >= 11 is 0. The fourth-order valence-electron chi connectivity index (χ4n) is 4.27. The molecule has 0 radical (unpaired) electrons. The SMILES string of the molecule is Cc1cc(C)n(C2=NC3C(C(=O)N(CCc4ccccc4)C(=O)N3C)N2C(C)C)n1. The number of urea groups is 1. The fraction of sp³-hybridized carbons (Fsp3) is 0.455. The summed E-state index contributed by atoms with van der Waals surface area (Å²) in [6.07, 6.45) is 0.0652. The number of nitrogens with zero attached hydrogens (tertiary/aromatic N) is 6. The third kappa shape index (κ3) is 3.26. The molecule has 8 nitrogen and oxygen atoms in total. The van der Waals surface area contributed by atoms with Crippen LogP contribution >= 0.6 is 0 Å². The van der Waals surface area contributed by atoms with Crippen molar-refractivity contribution in [2.24, 2.45) is 4.99 Å². The summed E-state index contributed by atoms with van der Waals surface area (Å²) in [5.74, 6) is 0.413. The predicted molar refractivity (Wildman–Crippen MR) is 114 cm³/mol. The fourth-order valence-corrected chi connectivity index (χ4v) is 4.27. The molecular formula is C22H28N6O2. The Morgan fingerprint density at radius 3 is 2.40 bits per heavy atom. The van der Waals surface area contributed by atoms with Gasteiger partial charge in [0.15, 0.2) is 12.2 Å². The highest BCUT2D eigenvalue weighted by atomic mass is 16.2. The molecule has 0 bridgehead atoms. The number of fused-ring (bicyclic) bond motifs is 1. The molecule has 2 aliphatic rings. The molecule has 8 heteroatoms. The van der Waals surface area contributed by atoms with E-state index in [1.165, 1.54) is 4.90 Å². The van der Waals surface area contributed by atoms with Crippen LogP contribution in [0.2, 0.25) is 0 Å². The summed E-state index contributed by atoms with van der Waals surface area (Å²) in [6.45, 7) is 8.30. The molecule has 30 heavy (non-hydrogen) atoms. The lowest BCUT2D eigenvalue weighted by Gasteiger charge is -2.42. The van der Waals surface area contributed by atoms with Gasteiger partial charge in [0, 0.05) is 25.3 Å². The van der Waals surface area contributed by atoms with Crippen molar-refractivity contribution >= 4 is 17.9 Å². The summed E-state index contributed by atoms with van der Waals surface area (Å²) < 4.78 is 1.77. The van der Waals surface area contributed by atoms with Crippen LogP contribution in [0.1, 0.15) is 30.8 Å². The zero-order valence-corrected chi connectivity index (χ0v) is 18.1. The quantitative estimate of drug-likeness (QED) is 0.778. The van der Waals surface area contributed by atoms with Gasteiger partial charge in [-0.25, -0.2) is 14.5 Å². The second-order valence-electron chi connectivity index (χ2n) is 8.25. The lowest BCUT2D eigenvalue weighted by Crippen LogP contribution is -2.66. The van der Waals surface area contributed by atoms with E-state index >= 15 is 0 Å². The minimum Gasteiger partial charge on any atom is -0.323 e. The average Bonchev–Trinajstić information content (AvgIpc) is 3.27. The van der Waals surface area contributed by atoms with Gasteiger partial charge in [-0.15, -0.1) is 0 Å². The Bertz CT molecular complexity index is 996. The van der Waals surface area contributed by atoms with E-state index in [9.17, 15) is 9.59 Å². The number of hydrogen-bond acceptors (Lipinski definition) is 5. The third-order valence-corrected chi connectivity index (χ3v) is 5.73. The van der Waals surface area contributed by atoms with Crippen molar-refractivity contribution < 1.29 is 9.59 Å². The number of imide groups is 1. The van der Waals surface area contributed by atoms with Gasteiger partial charge in [0.2, 0.25) is 5.96 Å². The Hall–Kier alpha value is -3.16. The van der Waals surface area contributed by atoms with Crippen LogP contribution in [0.5, 0.6) is 0 Å². The molecule has 1 aromatic carbocycles. The Morgan fingerprint density at radius 2 is 1.80 bits per heavy atom. The minimum atomic E-state index is -0.556. The van der Waals surface area contributed by atoms with E-state index in [4.69, 9.17) is 4.99 Å². The molecule has 0 spiro atoms. The van der Waals surface area contributed by atoms with Crippen molar-refractivity contribution in [1.82, 2.24) is 24.5 Å². The number of rotatable bonds is 4. The molecule has 1 aromatic heterocycles. The van der Waals surface area contributed by atoms with E-state index < -0.39 is 12.2 Å². The Kier molecular flexibility index (Phi) is 5.09. The smallest absolute Gasteiger partial charge is 0.323 e. The molecule has 3 heterocycles. The molecule has 2 atom stereocenters. The summed E-state index contributed by atoms with van der Waals surface area (Å²) in [5.41, 5.74) is 2.92. The van der Waals surface area contributed by atoms with Crippen LogP contribution < -0.4 is 0 Å². The molecule has 1 fully saturated rings. The van der Waals surface area contributed by atoms with Gasteiger partial charge in [-0.2, -0.15) is 5.10 Å². The molecule has 0 saturated carbocycles. The van der Waals surface area contributed by atoms with Gasteiger partial charge in [0.05, 0.1) is 5.69 Å². The first-order chi connectivity index (χ1) is 14.3. The molecule has 158 valence electrons. The highest BCUT2D eigenvalue weighted by Crippen LogP contribution is 2.30. The predicted octanol–water partition coefficient (Wildman–Crippen LogP) is 2.26. The first kappa shape index (κ1) is 20.1. The van der Waals surface area contributed by atoms with Crippen LogP contribution in [-0.4, -0.2) is 74.2 Å². The lowest BCUT2D eigenvalue weighted by molar-refractivity contribution is -0.138. The number of carbonyl (C=O) groups excluding carboxylic acids is 2. The normalized spacial score (nSPS) is 21.5. The Labute approximate surface area is 176 Å². The van der Waals surface area contributed by atoms with E-state index in [1.54, 1.807) is 16.6 Å². The summed E-state index contributed by atoms with van der Waals surface area (Å²) in [6, 6.07) is 11.0. The number of amides is 3. The Morgan fingerprint density at radius 1 is 1.10 bits per heavy atom. The van der Waals surface area contributed by atoms with Gasteiger partial charge >= 0.3 is 6.03 Å². The van der Waals surface area contributed by atoms with Crippen LogP contribution in [0.25, 0.3) is 0 Å². The van der Waals surface area contributed by atoms with E-state index in [2.05, 4.69) is 5.10 Å². The molecule has 0 N–H and O–H groups in total. The largest absolute Gasteiger partial charge is 0.328 e. The average molecular weight is 409 g/mol.